The number of benzene rings is 3. The smallest absolute Gasteiger partial charge is 0.251 e. The molecule has 0 aliphatic carbocycles. The molecule has 1 amide bonds. The number of para-hydroxylation sites is 1. The van der Waals surface area contributed by atoms with Crippen molar-refractivity contribution in [1.29, 1.82) is 0 Å². The van der Waals surface area contributed by atoms with Crippen LogP contribution in [0.1, 0.15) is 34.8 Å². The maximum atomic E-state index is 13.0. The van der Waals surface area contributed by atoms with Gasteiger partial charge in [-0.05, 0) is 49.1 Å². The predicted molar refractivity (Wildman–Crippen MR) is 139 cm³/mol. The van der Waals surface area contributed by atoms with Crippen molar-refractivity contribution in [2.24, 2.45) is 0 Å². The molecule has 1 heterocycles. The zero-order valence-electron chi connectivity index (χ0n) is 20.7. The fourth-order valence-electron chi connectivity index (χ4n) is 4.40. The van der Waals surface area contributed by atoms with E-state index in [0.29, 0.717) is 22.8 Å². The summed E-state index contributed by atoms with van der Waals surface area (Å²) in [6, 6.07) is 22.3. The van der Waals surface area contributed by atoms with Gasteiger partial charge >= 0.3 is 0 Å². The Balaban J connectivity index is 1.46. The summed E-state index contributed by atoms with van der Waals surface area (Å²) in [5.74, 6) is 1.20. The van der Waals surface area contributed by atoms with Crippen molar-refractivity contribution < 1.29 is 19.0 Å². The molecule has 0 radical (unpaired) electrons. The molecule has 0 saturated heterocycles. The zero-order chi connectivity index (χ0) is 24.8. The topological polar surface area (TPSA) is 61.7 Å². The van der Waals surface area contributed by atoms with Gasteiger partial charge in [0, 0.05) is 35.2 Å². The van der Waals surface area contributed by atoms with Crippen LogP contribution in [-0.4, -0.2) is 37.8 Å². The summed E-state index contributed by atoms with van der Waals surface area (Å²) in [6.07, 6.45) is 3.92. The second-order valence-electron chi connectivity index (χ2n) is 8.61. The van der Waals surface area contributed by atoms with Gasteiger partial charge in [-0.25, -0.2) is 0 Å². The lowest BCUT2D eigenvalue weighted by molar-refractivity contribution is 0.0937. The van der Waals surface area contributed by atoms with Crippen molar-refractivity contribution in [2.45, 2.75) is 32.4 Å². The van der Waals surface area contributed by atoms with Crippen molar-refractivity contribution in [3.05, 3.63) is 89.6 Å². The monoisotopic (exact) mass is 472 g/mol. The number of carbonyl (C=O) groups excluding carboxylic acids is 1. The first-order valence-corrected chi connectivity index (χ1v) is 11.8. The van der Waals surface area contributed by atoms with Crippen molar-refractivity contribution in [3.63, 3.8) is 0 Å². The van der Waals surface area contributed by atoms with Gasteiger partial charge in [0.1, 0.15) is 0 Å². The second kappa shape index (κ2) is 11.0. The van der Waals surface area contributed by atoms with Gasteiger partial charge in [-0.15, -0.1) is 0 Å². The summed E-state index contributed by atoms with van der Waals surface area (Å²) in [5, 5.41) is 4.36. The van der Waals surface area contributed by atoms with Crippen LogP contribution in [0.15, 0.2) is 72.9 Å². The van der Waals surface area contributed by atoms with E-state index in [1.54, 1.807) is 19.2 Å². The molecule has 6 heteroatoms. The van der Waals surface area contributed by atoms with Gasteiger partial charge in [0.2, 0.25) is 5.75 Å². The predicted octanol–water partition coefficient (Wildman–Crippen LogP) is 5.47. The normalized spacial score (nSPS) is 11.8. The number of hydrogen-bond donors (Lipinski definition) is 1. The molecule has 4 rings (SSSR count). The van der Waals surface area contributed by atoms with E-state index >= 15 is 0 Å². The van der Waals surface area contributed by atoms with E-state index in [1.165, 1.54) is 36.2 Å². The first-order chi connectivity index (χ1) is 17.0. The molecule has 1 N–H and O–H groups in total. The number of carbonyl (C=O) groups is 1. The summed E-state index contributed by atoms with van der Waals surface area (Å²) >= 11 is 0. The van der Waals surface area contributed by atoms with E-state index in [1.807, 2.05) is 13.0 Å². The van der Waals surface area contributed by atoms with Crippen LogP contribution in [0.25, 0.3) is 10.9 Å². The Kier molecular flexibility index (Phi) is 7.60. The van der Waals surface area contributed by atoms with Crippen molar-refractivity contribution in [2.75, 3.05) is 21.3 Å². The van der Waals surface area contributed by atoms with Crippen LogP contribution in [0.4, 0.5) is 0 Å². The molecular formula is C29H32N2O4. The van der Waals surface area contributed by atoms with E-state index < -0.39 is 0 Å². The first kappa shape index (κ1) is 24.2. The van der Waals surface area contributed by atoms with Crippen molar-refractivity contribution >= 4 is 16.8 Å². The third-order valence-corrected chi connectivity index (χ3v) is 6.22. The van der Waals surface area contributed by atoms with Gasteiger partial charge in [0.05, 0.1) is 21.3 Å². The minimum atomic E-state index is -0.178. The van der Waals surface area contributed by atoms with Gasteiger partial charge in [-0.2, -0.15) is 0 Å². The van der Waals surface area contributed by atoms with Crippen molar-refractivity contribution in [3.8, 4) is 17.2 Å². The van der Waals surface area contributed by atoms with Crippen LogP contribution in [0.5, 0.6) is 17.2 Å². The van der Waals surface area contributed by atoms with E-state index in [4.69, 9.17) is 14.2 Å². The summed E-state index contributed by atoms with van der Waals surface area (Å²) in [6.45, 7) is 2.85. The fourth-order valence-corrected chi connectivity index (χ4v) is 4.40. The molecule has 0 unspecified atom stereocenters. The lowest BCUT2D eigenvalue weighted by atomic mass is 10.0. The number of ether oxygens (including phenoxy) is 3. The van der Waals surface area contributed by atoms with Crippen LogP contribution in [0, 0.1) is 0 Å². The average molecular weight is 473 g/mol. The molecule has 0 saturated carbocycles. The Bertz CT molecular complexity index is 1270. The molecule has 1 atom stereocenters. The lowest BCUT2D eigenvalue weighted by Crippen LogP contribution is -2.32. The standard InChI is InChI=1S/C29H32N2O4/c1-20(30-29(32)23-16-26(33-2)28(35-4)27(17-23)34-3)14-15-22-19-31(18-21-10-6-5-7-11-21)25-13-9-8-12-24(22)25/h5-13,16-17,19-20H,14-15,18H2,1-4H3,(H,30,32)/t20-/m1/s1. The Morgan fingerprint density at radius 3 is 2.23 bits per heavy atom. The summed E-state index contributed by atoms with van der Waals surface area (Å²) in [5.41, 5.74) is 4.24. The van der Waals surface area contributed by atoms with Gasteiger partial charge in [-0.1, -0.05) is 48.5 Å². The SMILES string of the molecule is COc1cc(C(=O)N[C@H](C)CCc2cn(Cc3ccccc3)c3ccccc23)cc(OC)c1OC. The van der Waals surface area contributed by atoms with Crippen LogP contribution in [-0.2, 0) is 13.0 Å². The second-order valence-corrected chi connectivity index (χ2v) is 8.61. The number of hydrogen-bond acceptors (Lipinski definition) is 4. The summed E-state index contributed by atoms with van der Waals surface area (Å²) in [7, 11) is 4.62. The third-order valence-electron chi connectivity index (χ3n) is 6.22. The summed E-state index contributed by atoms with van der Waals surface area (Å²) in [4.78, 5) is 13.0. The van der Waals surface area contributed by atoms with E-state index in [-0.39, 0.29) is 11.9 Å². The summed E-state index contributed by atoms with van der Waals surface area (Å²) < 4.78 is 18.4. The molecule has 4 aromatic rings. The Labute approximate surface area is 206 Å². The highest BCUT2D eigenvalue weighted by molar-refractivity contribution is 5.95. The van der Waals surface area contributed by atoms with Gasteiger partial charge in [0.15, 0.2) is 11.5 Å². The Morgan fingerprint density at radius 1 is 0.914 bits per heavy atom. The number of methoxy groups -OCH3 is 3. The number of aryl methyl sites for hydroxylation is 1. The fraction of sp³-hybridized carbons (Fsp3) is 0.276. The maximum absolute atomic E-state index is 13.0. The average Bonchev–Trinajstić information content (AvgIpc) is 3.24. The number of aromatic nitrogens is 1. The molecule has 3 aromatic carbocycles. The number of nitrogens with zero attached hydrogens (tertiary/aromatic N) is 1. The van der Waals surface area contributed by atoms with Crippen LogP contribution >= 0.6 is 0 Å². The highest BCUT2D eigenvalue weighted by atomic mass is 16.5. The van der Waals surface area contributed by atoms with Gasteiger partial charge in [0.25, 0.3) is 5.91 Å². The minimum absolute atomic E-state index is 0.0159. The molecule has 1 aromatic heterocycles. The van der Waals surface area contributed by atoms with Gasteiger partial charge < -0.3 is 24.1 Å². The number of fused-ring (bicyclic) bond motifs is 1. The first-order valence-electron chi connectivity index (χ1n) is 11.8. The van der Waals surface area contributed by atoms with Crippen LogP contribution in [0.2, 0.25) is 0 Å². The number of rotatable bonds is 10. The van der Waals surface area contributed by atoms with Crippen molar-refractivity contribution in [1.82, 2.24) is 9.88 Å². The van der Waals surface area contributed by atoms with E-state index in [0.717, 1.165) is 19.4 Å². The molecular weight excluding hydrogens is 440 g/mol. The molecule has 6 nitrogen and oxygen atoms in total. The molecule has 0 bridgehead atoms. The van der Waals surface area contributed by atoms with Gasteiger partial charge in [-0.3, -0.25) is 4.79 Å². The lowest BCUT2D eigenvalue weighted by Gasteiger charge is -2.16. The molecule has 0 fully saturated rings. The Morgan fingerprint density at radius 2 is 1.57 bits per heavy atom. The molecule has 35 heavy (non-hydrogen) atoms. The third kappa shape index (κ3) is 5.43. The Hall–Kier alpha value is -3.93. The molecule has 0 spiro atoms. The largest absolute Gasteiger partial charge is 0.493 e. The van der Waals surface area contributed by atoms with E-state index in [9.17, 15) is 4.79 Å². The van der Waals surface area contributed by atoms with Crippen LogP contribution in [0.3, 0.4) is 0 Å². The highest BCUT2D eigenvalue weighted by Gasteiger charge is 2.18. The molecule has 0 aliphatic heterocycles. The van der Waals surface area contributed by atoms with E-state index in [2.05, 4.69) is 64.6 Å². The maximum Gasteiger partial charge on any atom is 0.251 e. The minimum Gasteiger partial charge on any atom is -0.493 e. The molecule has 0 aliphatic rings. The quantitative estimate of drug-likeness (QED) is 0.333. The van der Waals surface area contributed by atoms with Crippen LogP contribution < -0.4 is 19.5 Å². The highest BCUT2D eigenvalue weighted by Crippen LogP contribution is 2.38. The number of amides is 1. The number of nitrogens with one attached hydrogen (secondary N) is 1. The molecule has 182 valence electrons. The zero-order valence-corrected chi connectivity index (χ0v) is 20.7.